The summed E-state index contributed by atoms with van der Waals surface area (Å²) >= 11 is 1.88. The minimum absolute atomic E-state index is 0.00527. The van der Waals surface area contributed by atoms with Gasteiger partial charge >= 0.3 is 11.9 Å². The number of rotatable bonds is 8. The Morgan fingerprint density at radius 3 is 2.03 bits per heavy atom. The zero-order valence-electron chi connectivity index (χ0n) is 36.5. The van der Waals surface area contributed by atoms with Gasteiger partial charge in [0, 0.05) is 33.7 Å². The van der Waals surface area contributed by atoms with Crippen molar-refractivity contribution in [2.45, 2.75) is 100 Å². The first-order valence-electron chi connectivity index (χ1n) is 21.1. The molecule has 3 heterocycles. The van der Waals surface area contributed by atoms with Crippen molar-refractivity contribution in [2.24, 2.45) is 33.5 Å². The van der Waals surface area contributed by atoms with E-state index in [4.69, 9.17) is 29.6 Å². The Labute approximate surface area is 366 Å². The summed E-state index contributed by atoms with van der Waals surface area (Å²) in [4.78, 5) is 53.7. The number of carboxylic acid groups (broad SMARTS) is 2. The minimum atomic E-state index is -2.27. The summed E-state index contributed by atoms with van der Waals surface area (Å²) in [5.41, 5.74) is 1.28. The van der Waals surface area contributed by atoms with Crippen LogP contribution in [0.1, 0.15) is 72.3 Å². The zero-order chi connectivity index (χ0) is 45.3. The molecular weight excluding hydrogens is 813 g/mol. The summed E-state index contributed by atoms with van der Waals surface area (Å²) in [6.45, 7) is 14.5. The molecule has 1 spiro atoms. The van der Waals surface area contributed by atoms with Crippen LogP contribution >= 0.6 is 11.8 Å². The molecule has 0 bridgehead atoms. The molecule has 9 rings (SSSR count). The van der Waals surface area contributed by atoms with Gasteiger partial charge in [-0.3, -0.25) is 9.59 Å². The first-order valence-corrected chi connectivity index (χ1v) is 21.9. The summed E-state index contributed by atoms with van der Waals surface area (Å²) in [5, 5.41) is 43.9. The second-order valence-corrected chi connectivity index (χ2v) is 20.2. The number of nitrogens with zero attached hydrogens (tertiary/aromatic N) is 2. The molecule has 332 valence electrons. The van der Waals surface area contributed by atoms with Crippen molar-refractivity contribution in [3.8, 4) is 0 Å². The van der Waals surface area contributed by atoms with Crippen molar-refractivity contribution in [3.05, 3.63) is 96.2 Å². The van der Waals surface area contributed by atoms with E-state index in [0.29, 0.717) is 11.5 Å². The van der Waals surface area contributed by atoms with E-state index in [2.05, 4.69) is 93.2 Å². The normalized spacial score (nSPS) is 32.2. The lowest BCUT2D eigenvalue weighted by atomic mass is 9.39. The van der Waals surface area contributed by atoms with Crippen LogP contribution in [-0.4, -0.2) is 105 Å². The quantitative estimate of drug-likeness (QED) is 0.142. The Bertz CT molecular complexity index is 2260. The van der Waals surface area contributed by atoms with Gasteiger partial charge in [0.2, 0.25) is 5.78 Å². The van der Waals surface area contributed by atoms with Gasteiger partial charge in [-0.05, 0) is 119 Å². The predicted molar refractivity (Wildman–Crippen MR) is 232 cm³/mol. The van der Waals surface area contributed by atoms with Crippen molar-refractivity contribution >= 4 is 46.6 Å². The van der Waals surface area contributed by atoms with Crippen molar-refractivity contribution < 1.29 is 53.9 Å². The third-order valence-electron chi connectivity index (χ3n) is 14.7. The van der Waals surface area contributed by atoms with Gasteiger partial charge in [-0.1, -0.05) is 62.9 Å². The number of aliphatic hydroxyl groups is 3. The average molecular weight is 871 g/mol. The Morgan fingerprint density at radius 2 is 1.50 bits per heavy atom. The van der Waals surface area contributed by atoms with E-state index in [0.717, 1.165) is 32.4 Å². The number of furan rings is 1. The van der Waals surface area contributed by atoms with Gasteiger partial charge in [-0.2, -0.15) is 0 Å². The highest BCUT2D eigenvalue weighted by Gasteiger charge is 2.87. The highest BCUT2D eigenvalue weighted by molar-refractivity contribution is 7.99. The van der Waals surface area contributed by atoms with Gasteiger partial charge in [0.15, 0.2) is 23.8 Å². The standard InChI is InChI=1S/C26H30O5.C18H22N2S.C4H6O6/c1-22(2)17(27)7-9-23(3)16-6-10-24(4)15(14-8-11-30-13-14)12-18-26(24,31-18)25(16,5)21(29)19(28)20(22)23;1-14(12-19(2)3)13-20-15-8-4-6-10-17(15)21-18-11-7-5-9-16(18)20;5-1(3(7)8)2(6)4(9)10/h7-9,11,13,15-16,18,28H,6,10,12H2,1-5H3;4-11,14H,12-13H2,1-3H3;1-2,5-6H,(H,7,8)(H,9,10). The molecular formula is C48H58N2O11S. The lowest BCUT2D eigenvalue weighted by Crippen LogP contribution is -2.66. The van der Waals surface area contributed by atoms with Crippen LogP contribution in [0.2, 0.25) is 0 Å². The van der Waals surface area contributed by atoms with E-state index in [-0.39, 0.29) is 40.7 Å². The topological polar surface area (TPSA) is 202 Å². The molecule has 13 nitrogen and oxygen atoms in total. The lowest BCUT2D eigenvalue weighted by Gasteiger charge is -2.62. The fraction of sp³-hybridized carbons (Fsp3) is 0.500. The number of ketones is 2. The van der Waals surface area contributed by atoms with Gasteiger partial charge in [0.1, 0.15) is 5.60 Å². The number of epoxide rings is 1. The van der Waals surface area contributed by atoms with Crippen LogP contribution in [0, 0.1) is 33.5 Å². The summed E-state index contributed by atoms with van der Waals surface area (Å²) < 4.78 is 11.9. The molecule has 3 aromatic rings. The van der Waals surface area contributed by atoms with Gasteiger partial charge < -0.3 is 44.5 Å². The number of hydrogen-bond acceptors (Lipinski definition) is 12. The van der Waals surface area contributed by atoms with E-state index in [1.807, 2.05) is 50.9 Å². The number of aliphatic hydroxyl groups excluding tert-OH is 3. The first kappa shape index (κ1) is 45.3. The number of carboxylic acids is 2. The summed E-state index contributed by atoms with van der Waals surface area (Å²) in [7, 11) is 4.29. The SMILES string of the molecule is CC(CN(C)C)CN1c2ccccc2Sc2ccccc21.CC1(C)C(=O)C=CC2(C)C1=C(O)C(=O)C1(C)C2CCC2(C)C(c3ccoc3)CC3OC321.O=C(O)C(O)C(O)C(=O)O. The molecule has 6 aliphatic rings. The Hall–Kier alpha value is -4.73. The van der Waals surface area contributed by atoms with Crippen molar-refractivity contribution in [1.29, 1.82) is 0 Å². The molecule has 5 N–H and O–H groups in total. The Kier molecular flexibility index (Phi) is 11.8. The van der Waals surface area contributed by atoms with Crippen LogP contribution in [0.5, 0.6) is 0 Å². The van der Waals surface area contributed by atoms with Crippen LogP contribution < -0.4 is 4.90 Å². The molecule has 1 aromatic heterocycles. The van der Waals surface area contributed by atoms with Crippen molar-refractivity contribution in [2.75, 3.05) is 32.1 Å². The monoisotopic (exact) mass is 870 g/mol. The number of fused-ring (bicyclic) bond motifs is 5. The minimum Gasteiger partial charge on any atom is -0.504 e. The Morgan fingerprint density at radius 1 is 0.919 bits per heavy atom. The number of Topliss-reactive ketones (excluding diaryl/α,β-unsaturated/α-hetero) is 1. The highest BCUT2D eigenvalue weighted by Crippen LogP contribution is 2.81. The number of ether oxygens (including phenoxy) is 1. The van der Waals surface area contributed by atoms with Gasteiger partial charge in [-0.15, -0.1) is 0 Å². The van der Waals surface area contributed by atoms with Crippen LogP contribution in [0.15, 0.2) is 105 Å². The fourth-order valence-electron chi connectivity index (χ4n) is 12.0. The molecule has 2 aromatic carbocycles. The number of hydrogen-bond donors (Lipinski definition) is 5. The number of carbonyl (C=O) groups is 4. The zero-order valence-corrected chi connectivity index (χ0v) is 37.3. The summed E-state index contributed by atoms with van der Waals surface area (Å²) in [6, 6.07) is 19.5. The highest BCUT2D eigenvalue weighted by atomic mass is 32.2. The first-order chi connectivity index (χ1) is 29.1. The number of allylic oxidation sites excluding steroid dienone is 4. The Balaban J connectivity index is 0.000000161. The second-order valence-electron chi connectivity index (χ2n) is 19.1. The molecule has 10 unspecified atom stereocenters. The molecule has 3 fully saturated rings. The van der Waals surface area contributed by atoms with Gasteiger partial charge in [0.25, 0.3) is 0 Å². The lowest BCUT2D eigenvalue weighted by molar-refractivity contribution is -0.165. The largest absolute Gasteiger partial charge is 0.504 e. The number of benzene rings is 2. The predicted octanol–water partition coefficient (Wildman–Crippen LogP) is 7.26. The molecule has 2 saturated carbocycles. The number of anilines is 2. The molecule has 0 radical (unpaired) electrons. The van der Waals surface area contributed by atoms with Crippen LogP contribution in [-0.2, 0) is 23.9 Å². The molecule has 1 saturated heterocycles. The molecule has 0 amide bonds. The van der Waals surface area contributed by atoms with E-state index < -0.39 is 46.0 Å². The van der Waals surface area contributed by atoms with E-state index in [1.54, 1.807) is 12.3 Å². The van der Waals surface area contributed by atoms with Crippen LogP contribution in [0.4, 0.5) is 11.4 Å². The number of carbonyl (C=O) groups excluding carboxylic acids is 2. The molecule has 62 heavy (non-hydrogen) atoms. The van der Waals surface area contributed by atoms with Gasteiger partial charge in [-0.25, -0.2) is 9.59 Å². The van der Waals surface area contributed by atoms with Gasteiger partial charge in [0.05, 0.1) is 40.8 Å². The molecule has 4 aliphatic carbocycles. The number of para-hydroxylation sites is 2. The second kappa shape index (κ2) is 16.1. The maximum absolute atomic E-state index is 14.0. The van der Waals surface area contributed by atoms with E-state index in [9.17, 15) is 24.3 Å². The van der Waals surface area contributed by atoms with Crippen molar-refractivity contribution in [3.63, 3.8) is 0 Å². The maximum Gasteiger partial charge on any atom is 0.335 e. The maximum atomic E-state index is 14.0. The average Bonchev–Trinajstić information content (AvgIpc) is 3.57. The van der Waals surface area contributed by atoms with Crippen LogP contribution in [0.25, 0.3) is 0 Å². The summed E-state index contributed by atoms with van der Waals surface area (Å²) in [6.07, 6.45) is 5.23. The smallest absolute Gasteiger partial charge is 0.335 e. The molecule has 2 aliphatic heterocycles. The molecule has 10 atom stereocenters. The third-order valence-corrected chi connectivity index (χ3v) is 15.8. The van der Waals surface area contributed by atoms with E-state index >= 15 is 0 Å². The van der Waals surface area contributed by atoms with E-state index in [1.165, 1.54) is 26.7 Å². The molecule has 14 heteroatoms. The number of aliphatic carboxylic acids is 2. The fourth-order valence-corrected chi connectivity index (χ4v) is 13.1. The van der Waals surface area contributed by atoms with Crippen LogP contribution in [0.3, 0.4) is 0 Å². The summed E-state index contributed by atoms with van der Waals surface area (Å²) in [5.74, 6) is -3.23. The van der Waals surface area contributed by atoms with Crippen molar-refractivity contribution in [1.82, 2.24) is 4.90 Å². The third kappa shape index (κ3) is 6.93.